The summed E-state index contributed by atoms with van der Waals surface area (Å²) in [6, 6.07) is 17.6. The van der Waals surface area contributed by atoms with E-state index in [4.69, 9.17) is 23.2 Å². The highest BCUT2D eigenvalue weighted by Gasteiger charge is 2.28. The predicted molar refractivity (Wildman–Crippen MR) is 134 cm³/mol. The summed E-state index contributed by atoms with van der Waals surface area (Å²) in [6.07, 6.45) is 1.11. The highest BCUT2D eigenvalue weighted by atomic mass is 35.5. The van der Waals surface area contributed by atoms with Gasteiger partial charge in [-0.15, -0.1) is 0 Å². The largest absolute Gasteiger partial charge is 0.348 e. The van der Waals surface area contributed by atoms with Gasteiger partial charge in [-0.25, -0.2) is 16.8 Å². The molecule has 3 aromatic rings. The second-order valence-corrected chi connectivity index (χ2v) is 12.3. The number of nitrogens with zero attached hydrogens (tertiary/aromatic N) is 1. The van der Waals surface area contributed by atoms with Gasteiger partial charge in [-0.1, -0.05) is 53.5 Å². The lowest BCUT2D eigenvalue weighted by Gasteiger charge is -2.25. The maximum atomic E-state index is 13.4. The minimum Gasteiger partial charge on any atom is -0.348 e. The number of amides is 1. The van der Waals surface area contributed by atoms with Crippen molar-refractivity contribution in [1.82, 2.24) is 5.32 Å². The third-order valence-electron chi connectivity index (χ3n) is 4.94. The lowest BCUT2D eigenvalue weighted by atomic mass is 10.1. The van der Waals surface area contributed by atoms with Crippen molar-refractivity contribution in [3.05, 3.63) is 88.4 Å². The molecule has 11 heteroatoms. The molecule has 34 heavy (non-hydrogen) atoms. The summed E-state index contributed by atoms with van der Waals surface area (Å²) < 4.78 is 51.0. The average Bonchev–Trinajstić information content (AvgIpc) is 2.76. The molecule has 0 aliphatic heterocycles. The van der Waals surface area contributed by atoms with Crippen molar-refractivity contribution in [1.29, 1.82) is 0 Å². The van der Waals surface area contributed by atoms with Gasteiger partial charge in [0.25, 0.3) is 10.0 Å². The van der Waals surface area contributed by atoms with Crippen molar-refractivity contribution in [2.24, 2.45) is 0 Å². The first-order chi connectivity index (χ1) is 15.9. The summed E-state index contributed by atoms with van der Waals surface area (Å²) in [5, 5.41) is 3.18. The van der Waals surface area contributed by atoms with Gasteiger partial charge in [-0.05, 0) is 55.0 Å². The van der Waals surface area contributed by atoms with E-state index >= 15 is 0 Å². The van der Waals surface area contributed by atoms with Gasteiger partial charge in [0, 0.05) is 16.3 Å². The second kappa shape index (κ2) is 10.4. The molecule has 0 spiro atoms. The first-order valence-corrected chi connectivity index (χ1v) is 14.1. The number of sulfonamides is 1. The smallest absolute Gasteiger partial charge is 0.264 e. The molecule has 0 radical (unpaired) electrons. The van der Waals surface area contributed by atoms with E-state index in [0.717, 1.165) is 10.6 Å². The molecular weight excluding hydrogens is 519 g/mol. The molecule has 0 unspecified atom stereocenters. The molecular formula is C23H22Cl2N2O5S2. The maximum Gasteiger partial charge on any atom is 0.264 e. The Balaban J connectivity index is 1.88. The summed E-state index contributed by atoms with van der Waals surface area (Å²) in [7, 11) is -7.46. The minimum absolute atomic E-state index is 0.00306. The Hall–Kier alpha value is -2.59. The van der Waals surface area contributed by atoms with Gasteiger partial charge < -0.3 is 5.32 Å². The van der Waals surface area contributed by atoms with Crippen molar-refractivity contribution in [2.45, 2.75) is 22.8 Å². The molecule has 3 rings (SSSR count). The van der Waals surface area contributed by atoms with Gasteiger partial charge >= 0.3 is 0 Å². The quantitative estimate of drug-likeness (QED) is 0.454. The lowest BCUT2D eigenvalue weighted by molar-refractivity contribution is -0.120. The number of halogens is 2. The normalized spacial score (nSPS) is 12.7. The van der Waals surface area contributed by atoms with Crippen molar-refractivity contribution in [3.8, 4) is 0 Å². The molecule has 1 atom stereocenters. The highest BCUT2D eigenvalue weighted by molar-refractivity contribution is 7.93. The van der Waals surface area contributed by atoms with Crippen LogP contribution in [0.15, 0.2) is 82.6 Å². The number of hydrogen-bond acceptors (Lipinski definition) is 5. The zero-order chi connectivity index (χ0) is 25.1. The molecule has 3 aromatic carbocycles. The fraction of sp³-hybridized carbons (Fsp3) is 0.174. The summed E-state index contributed by atoms with van der Waals surface area (Å²) in [6.45, 7) is 1.18. The van der Waals surface area contributed by atoms with Crippen molar-refractivity contribution in [3.63, 3.8) is 0 Å². The standard InChI is InChI=1S/C23H22Cl2N2O5S2/c1-16(17-8-10-21(11-9-17)33(2,29)30)26-23(28)15-27(20-13-18(24)12-19(25)14-20)34(31,32)22-6-4-3-5-7-22/h3-14,16H,15H2,1-2H3,(H,26,28)/t16-/m0/s1. The van der Waals surface area contributed by atoms with Crippen LogP contribution in [-0.4, -0.2) is 35.5 Å². The topological polar surface area (TPSA) is 101 Å². The first kappa shape index (κ1) is 26.0. The van der Waals surface area contributed by atoms with E-state index in [1.54, 1.807) is 37.3 Å². The van der Waals surface area contributed by atoms with Crippen LogP contribution in [0.4, 0.5) is 5.69 Å². The third-order valence-corrected chi connectivity index (χ3v) is 8.29. The Morgan fingerprint density at radius 3 is 1.97 bits per heavy atom. The number of hydrogen-bond donors (Lipinski definition) is 1. The molecule has 0 aromatic heterocycles. The molecule has 7 nitrogen and oxygen atoms in total. The molecule has 0 fully saturated rings. The minimum atomic E-state index is -4.12. The van der Waals surface area contributed by atoms with Crippen molar-refractivity contribution < 1.29 is 21.6 Å². The Morgan fingerprint density at radius 2 is 1.44 bits per heavy atom. The van der Waals surface area contributed by atoms with E-state index in [1.165, 1.54) is 42.5 Å². The Labute approximate surface area is 209 Å². The maximum absolute atomic E-state index is 13.4. The number of anilines is 1. The summed E-state index contributed by atoms with van der Waals surface area (Å²) in [4.78, 5) is 13.1. The number of rotatable bonds is 8. The molecule has 0 aliphatic carbocycles. The number of carbonyl (C=O) groups is 1. The molecule has 0 heterocycles. The first-order valence-electron chi connectivity index (χ1n) is 10.0. The fourth-order valence-corrected chi connectivity index (χ4v) is 5.79. The van der Waals surface area contributed by atoms with E-state index in [-0.39, 0.29) is 25.5 Å². The molecule has 0 bridgehead atoms. The van der Waals surface area contributed by atoms with E-state index in [1.807, 2.05) is 0 Å². The van der Waals surface area contributed by atoms with Crippen LogP contribution in [0, 0.1) is 0 Å². The number of benzene rings is 3. The fourth-order valence-electron chi connectivity index (χ4n) is 3.22. The Morgan fingerprint density at radius 1 is 0.882 bits per heavy atom. The third kappa shape index (κ3) is 6.29. The summed E-state index contributed by atoms with van der Waals surface area (Å²) in [5.41, 5.74) is 0.797. The lowest BCUT2D eigenvalue weighted by Crippen LogP contribution is -2.41. The van der Waals surface area contributed by atoms with Gasteiger partial charge in [0.15, 0.2) is 9.84 Å². The summed E-state index contributed by atoms with van der Waals surface area (Å²) >= 11 is 12.2. The van der Waals surface area contributed by atoms with Crippen LogP contribution < -0.4 is 9.62 Å². The van der Waals surface area contributed by atoms with Crippen LogP contribution in [0.2, 0.25) is 10.0 Å². The van der Waals surface area contributed by atoms with Crippen LogP contribution >= 0.6 is 23.2 Å². The Bertz CT molecular complexity index is 1370. The number of sulfone groups is 1. The highest BCUT2D eigenvalue weighted by Crippen LogP contribution is 2.29. The van der Waals surface area contributed by atoms with Crippen molar-refractivity contribution >= 4 is 54.7 Å². The zero-order valence-corrected chi connectivity index (χ0v) is 21.4. The van der Waals surface area contributed by atoms with Crippen LogP contribution in [-0.2, 0) is 24.7 Å². The van der Waals surface area contributed by atoms with E-state index < -0.39 is 38.4 Å². The van der Waals surface area contributed by atoms with Gasteiger partial charge in [0.1, 0.15) is 6.54 Å². The predicted octanol–water partition coefficient (Wildman–Crippen LogP) is 4.47. The second-order valence-electron chi connectivity index (χ2n) is 7.58. The van der Waals surface area contributed by atoms with E-state index in [9.17, 15) is 21.6 Å². The van der Waals surface area contributed by atoms with E-state index in [0.29, 0.717) is 5.56 Å². The van der Waals surface area contributed by atoms with Gasteiger partial charge in [0.2, 0.25) is 5.91 Å². The van der Waals surface area contributed by atoms with Crippen LogP contribution in [0.3, 0.4) is 0 Å². The molecule has 180 valence electrons. The van der Waals surface area contributed by atoms with Gasteiger partial charge in [-0.3, -0.25) is 9.10 Å². The molecule has 0 saturated carbocycles. The Kier molecular flexibility index (Phi) is 7.92. The van der Waals surface area contributed by atoms with Crippen LogP contribution in [0.25, 0.3) is 0 Å². The molecule has 1 N–H and O–H groups in total. The van der Waals surface area contributed by atoms with Gasteiger partial charge in [-0.2, -0.15) is 0 Å². The number of nitrogens with one attached hydrogen (secondary N) is 1. The van der Waals surface area contributed by atoms with Crippen LogP contribution in [0.5, 0.6) is 0 Å². The SMILES string of the molecule is C[C@H](NC(=O)CN(c1cc(Cl)cc(Cl)c1)S(=O)(=O)c1ccccc1)c1ccc(S(C)(=O)=O)cc1. The zero-order valence-electron chi connectivity index (χ0n) is 18.3. The summed E-state index contributed by atoms with van der Waals surface area (Å²) in [5.74, 6) is -0.574. The number of carbonyl (C=O) groups excluding carboxylic acids is 1. The molecule has 1 amide bonds. The average molecular weight is 541 g/mol. The van der Waals surface area contributed by atoms with Crippen molar-refractivity contribution in [2.75, 3.05) is 17.1 Å². The van der Waals surface area contributed by atoms with E-state index in [2.05, 4.69) is 5.32 Å². The molecule has 0 aliphatic rings. The monoisotopic (exact) mass is 540 g/mol. The molecule has 0 saturated heterocycles. The van der Waals surface area contributed by atoms with Crippen LogP contribution in [0.1, 0.15) is 18.5 Å². The van der Waals surface area contributed by atoms with Gasteiger partial charge in [0.05, 0.1) is 21.5 Å².